The monoisotopic (exact) mass is 401 g/mol. The highest BCUT2D eigenvalue weighted by Gasteiger charge is 2.62. The summed E-state index contributed by atoms with van der Waals surface area (Å²) in [4.78, 5) is 52.3. The van der Waals surface area contributed by atoms with Crippen LogP contribution in [0.1, 0.15) is 28.0 Å². The van der Waals surface area contributed by atoms with Crippen LogP contribution >= 0.6 is 0 Å². The van der Waals surface area contributed by atoms with Crippen LogP contribution in [0.2, 0.25) is 0 Å². The van der Waals surface area contributed by atoms with Crippen LogP contribution in [0.4, 0.5) is 0 Å². The molecule has 0 saturated carbocycles. The van der Waals surface area contributed by atoms with Crippen LogP contribution in [0.15, 0.2) is 33.5 Å². The molecule has 1 amide bonds. The molecule has 3 aliphatic rings. The van der Waals surface area contributed by atoms with Gasteiger partial charge < -0.3 is 31.8 Å². The standard InChI is InChI=1S/C19H19N3O7/c1-5-2-6-3-7-4-8-12(20)14(24)11(17(21)27)16(26)19(8,29)15(25)9(7)13(23)10(6)18(28)22-5/h2,7-8,12,24-25,29H,3-4,20H2,1H3,(H2,21,27)(H,22,28)/t7?,8-,12-,19-/m0/s1. The summed E-state index contributed by atoms with van der Waals surface area (Å²) in [6, 6.07) is 0.291. The number of aliphatic hydroxyl groups excluding tert-OH is 2. The summed E-state index contributed by atoms with van der Waals surface area (Å²) in [5.74, 6) is -6.99. The topological polar surface area (TPSA) is 197 Å². The van der Waals surface area contributed by atoms with Crippen molar-refractivity contribution in [3.63, 3.8) is 0 Å². The van der Waals surface area contributed by atoms with Crippen LogP contribution in [-0.4, -0.2) is 49.4 Å². The zero-order chi connectivity index (χ0) is 21.4. The van der Waals surface area contributed by atoms with E-state index in [4.69, 9.17) is 11.5 Å². The van der Waals surface area contributed by atoms with Gasteiger partial charge >= 0.3 is 0 Å². The first-order valence-electron chi connectivity index (χ1n) is 8.96. The molecule has 0 aromatic carbocycles. The lowest BCUT2D eigenvalue weighted by Crippen LogP contribution is -2.63. The molecule has 1 aromatic heterocycles. The summed E-state index contributed by atoms with van der Waals surface area (Å²) in [6.45, 7) is 1.67. The van der Waals surface area contributed by atoms with Gasteiger partial charge in [0.15, 0.2) is 11.4 Å². The van der Waals surface area contributed by atoms with Crippen molar-refractivity contribution in [2.45, 2.75) is 31.4 Å². The van der Waals surface area contributed by atoms with Gasteiger partial charge in [-0.3, -0.25) is 19.2 Å². The minimum Gasteiger partial charge on any atom is -0.510 e. The number of Topliss-reactive ketones (excluding diaryl/α,β-unsaturated/α-hetero) is 2. The molecule has 0 spiro atoms. The largest absolute Gasteiger partial charge is 0.510 e. The van der Waals surface area contributed by atoms with Crippen LogP contribution in [0, 0.1) is 18.8 Å². The first-order valence-corrected chi connectivity index (χ1v) is 8.96. The molecular formula is C19H19N3O7. The van der Waals surface area contributed by atoms with Crippen molar-refractivity contribution in [1.82, 2.24) is 4.98 Å². The predicted molar refractivity (Wildman–Crippen MR) is 97.9 cm³/mol. The number of aromatic amines is 1. The third-order valence-corrected chi connectivity index (χ3v) is 6.11. The average molecular weight is 401 g/mol. The highest BCUT2D eigenvalue weighted by molar-refractivity contribution is 6.24. The number of carbonyl (C=O) groups is 3. The number of ketones is 2. The van der Waals surface area contributed by atoms with Crippen LogP contribution < -0.4 is 17.0 Å². The fourth-order valence-electron chi connectivity index (χ4n) is 4.80. The van der Waals surface area contributed by atoms with E-state index in [1.54, 1.807) is 13.0 Å². The number of rotatable bonds is 1. The molecule has 0 radical (unpaired) electrons. The Bertz CT molecular complexity index is 1130. The molecule has 0 aliphatic heterocycles. The second-order valence-electron chi connectivity index (χ2n) is 7.76. The van der Waals surface area contributed by atoms with E-state index in [0.717, 1.165) is 0 Å². The Morgan fingerprint density at radius 2 is 1.93 bits per heavy atom. The van der Waals surface area contributed by atoms with Gasteiger partial charge in [0.1, 0.15) is 17.1 Å². The van der Waals surface area contributed by atoms with Gasteiger partial charge in [-0.25, -0.2) is 0 Å². The Morgan fingerprint density at radius 1 is 1.28 bits per heavy atom. The molecule has 0 saturated heterocycles. The van der Waals surface area contributed by atoms with Crippen molar-refractivity contribution in [3.05, 3.63) is 55.9 Å². The number of nitrogens with two attached hydrogens (primary N) is 2. The third-order valence-electron chi connectivity index (χ3n) is 6.11. The van der Waals surface area contributed by atoms with E-state index >= 15 is 0 Å². The van der Waals surface area contributed by atoms with Crippen LogP contribution in [-0.2, 0) is 16.0 Å². The van der Waals surface area contributed by atoms with E-state index in [2.05, 4.69) is 4.98 Å². The zero-order valence-electron chi connectivity index (χ0n) is 15.4. The molecule has 1 heterocycles. The number of allylic oxidation sites excluding steroid dienone is 1. The van der Waals surface area contributed by atoms with Crippen LogP contribution in [0.5, 0.6) is 0 Å². The number of amides is 1. The van der Waals surface area contributed by atoms with Crippen molar-refractivity contribution >= 4 is 17.5 Å². The number of aromatic nitrogens is 1. The van der Waals surface area contributed by atoms with Crippen LogP contribution in [0.3, 0.4) is 0 Å². The zero-order valence-corrected chi connectivity index (χ0v) is 15.4. The summed E-state index contributed by atoms with van der Waals surface area (Å²) >= 11 is 0. The smallest absolute Gasteiger partial charge is 0.259 e. The fourth-order valence-corrected chi connectivity index (χ4v) is 4.80. The number of fused-ring (bicyclic) bond motifs is 3. The summed E-state index contributed by atoms with van der Waals surface area (Å²) in [7, 11) is 0. The van der Waals surface area contributed by atoms with Crippen molar-refractivity contribution in [1.29, 1.82) is 0 Å². The second-order valence-corrected chi connectivity index (χ2v) is 7.76. The quantitative estimate of drug-likeness (QED) is 0.316. The summed E-state index contributed by atoms with van der Waals surface area (Å²) in [5, 5.41) is 32.2. The lowest BCUT2D eigenvalue weighted by Gasteiger charge is -2.47. The van der Waals surface area contributed by atoms with E-state index in [9.17, 15) is 34.5 Å². The molecule has 10 heteroatoms. The Hall–Kier alpha value is -3.24. The maximum atomic E-state index is 13.0. The minimum absolute atomic E-state index is 0.0318. The number of hydrogen-bond acceptors (Lipinski definition) is 8. The molecule has 10 nitrogen and oxygen atoms in total. The Balaban J connectivity index is 1.96. The second kappa shape index (κ2) is 5.88. The summed E-state index contributed by atoms with van der Waals surface area (Å²) in [6.07, 6.45) is 0.168. The van der Waals surface area contributed by atoms with Crippen molar-refractivity contribution in [2.75, 3.05) is 0 Å². The molecule has 4 atom stereocenters. The molecule has 8 N–H and O–H groups in total. The summed E-state index contributed by atoms with van der Waals surface area (Å²) in [5.41, 5.74) is 7.45. The number of pyridine rings is 1. The van der Waals surface area contributed by atoms with E-state index in [0.29, 0.717) is 11.3 Å². The molecule has 3 aliphatic carbocycles. The number of nitrogens with one attached hydrogen (secondary N) is 1. The highest BCUT2D eigenvalue weighted by Crippen LogP contribution is 2.49. The molecule has 1 unspecified atom stereocenters. The van der Waals surface area contributed by atoms with E-state index in [1.165, 1.54) is 0 Å². The van der Waals surface area contributed by atoms with Crippen molar-refractivity contribution in [2.24, 2.45) is 23.3 Å². The van der Waals surface area contributed by atoms with Gasteiger partial charge in [-0.05, 0) is 37.3 Å². The van der Waals surface area contributed by atoms with Crippen molar-refractivity contribution in [3.8, 4) is 0 Å². The Morgan fingerprint density at radius 3 is 2.55 bits per heavy atom. The van der Waals surface area contributed by atoms with Gasteiger partial charge in [-0.2, -0.15) is 0 Å². The van der Waals surface area contributed by atoms with Gasteiger partial charge in [0.25, 0.3) is 11.5 Å². The molecule has 0 bridgehead atoms. The van der Waals surface area contributed by atoms with E-state index in [-0.39, 0.29) is 24.0 Å². The van der Waals surface area contributed by atoms with E-state index in [1.807, 2.05) is 0 Å². The maximum absolute atomic E-state index is 13.0. The number of primary amides is 1. The Kier molecular flexibility index (Phi) is 3.87. The predicted octanol–water partition coefficient (Wildman–Crippen LogP) is -1.19. The number of hydrogen-bond donors (Lipinski definition) is 6. The van der Waals surface area contributed by atoms with Gasteiger partial charge in [-0.15, -0.1) is 0 Å². The molecule has 152 valence electrons. The minimum atomic E-state index is -2.70. The van der Waals surface area contributed by atoms with Crippen LogP contribution in [0.25, 0.3) is 0 Å². The lowest BCUT2D eigenvalue weighted by atomic mass is 9.59. The van der Waals surface area contributed by atoms with E-state index < -0.39 is 63.6 Å². The number of H-pyrrole nitrogens is 1. The Labute approximate surface area is 163 Å². The van der Waals surface area contributed by atoms with Gasteiger partial charge in [0.05, 0.1) is 11.6 Å². The highest BCUT2D eigenvalue weighted by atomic mass is 16.3. The molecule has 0 fully saturated rings. The molecule has 29 heavy (non-hydrogen) atoms. The fraction of sp³-hybridized carbons (Fsp3) is 0.368. The molecular weight excluding hydrogens is 382 g/mol. The average Bonchev–Trinajstić information content (AvgIpc) is 2.61. The number of aliphatic hydroxyl groups is 3. The molecule has 4 rings (SSSR count). The molecule has 1 aromatic rings. The number of aryl methyl sites for hydroxylation is 1. The normalized spacial score (nSPS) is 31.3. The SMILES string of the molecule is Cc1cc2c(c(=O)[nH]1)C(=O)C1=C(O)[C@]3(O)C(=O)C(C(N)=O)=C(O)[C@@H](N)[C@@H]3CC1C2. The van der Waals surface area contributed by atoms with Gasteiger partial charge in [0.2, 0.25) is 5.78 Å². The van der Waals surface area contributed by atoms with Crippen molar-refractivity contribution < 1.29 is 29.7 Å². The lowest BCUT2D eigenvalue weighted by molar-refractivity contribution is -0.145. The number of carbonyl (C=O) groups excluding carboxylic acids is 3. The third kappa shape index (κ3) is 2.29. The maximum Gasteiger partial charge on any atom is 0.259 e. The summed E-state index contributed by atoms with van der Waals surface area (Å²) < 4.78 is 0. The first kappa shape index (κ1) is 19.1. The van der Waals surface area contributed by atoms with Gasteiger partial charge in [-0.1, -0.05) is 0 Å². The first-order chi connectivity index (χ1) is 13.5. The van der Waals surface area contributed by atoms with Gasteiger partial charge in [0, 0.05) is 17.2 Å².